The lowest BCUT2D eigenvalue weighted by Crippen LogP contribution is -1.99. The molecule has 0 saturated heterocycles. The van der Waals surface area contributed by atoms with Crippen LogP contribution in [-0.2, 0) is 0 Å². The summed E-state index contributed by atoms with van der Waals surface area (Å²) in [4.78, 5) is 11.8. The monoisotopic (exact) mass is 191 g/mol. The predicted octanol–water partition coefficient (Wildman–Crippen LogP) is 1.10. The minimum absolute atomic E-state index is 0.416. The van der Waals surface area contributed by atoms with E-state index in [9.17, 15) is 0 Å². The number of aryl methyl sites for hydroxylation is 1. The molecule has 6 heteroatoms. The molecule has 0 aliphatic rings. The second-order valence-electron chi connectivity index (χ2n) is 2.72. The van der Waals surface area contributed by atoms with Gasteiger partial charge < -0.3 is 15.5 Å². The summed E-state index contributed by atoms with van der Waals surface area (Å²) in [6.07, 6.45) is 2.88. The molecule has 3 N–H and O–H groups in total. The molecule has 0 unspecified atom stereocenters. The molecule has 0 radical (unpaired) electrons. The third-order valence-corrected chi connectivity index (χ3v) is 1.54. The van der Waals surface area contributed by atoms with Crippen molar-refractivity contribution in [3.63, 3.8) is 0 Å². The van der Waals surface area contributed by atoms with Crippen molar-refractivity contribution in [2.24, 2.45) is 0 Å². The number of aromatic nitrogens is 3. The molecule has 0 aliphatic carbocycles. The maximum atomic E-state index is 5.55. The highest BCUT2D eigenvalue weighted by Gasteiger charge is 2.01. The van der Waals surface area contributed by atoms with Crippen LogP contribution in [0.3, 0.4) is 0 Å². The Bertz CT molecular complexity index is 405. The molecule has 0 spiro atoms. The van der Waals surface area contributed by atoms with E-state index in [0.29, 0.717) is 23.3 Å². The van der Waals surface area contributed by atoms with E-state index in [4.69, 9.17) is 10.2 Å². The van der Waals surface area contributed by atoms with Crippen LogP contribution in [0.2, 0.25) is 0 Å². The van der Waals surface area contributed by atoms with Gasteiger partial charge in [0.2, 0.25) is 5.88 Å². The molecule has 0 fully saturated rings. The van der Waals surface area contributed by atoms with Gasteiger partial charge in [-0.15, -0.1) is 0 Å². The van der Waals surface area contributed by atoms with Gasteiger partial charge in [0, 0.05) is 6.07 Å². The lowest BCUT2D eigenvalue weighted by molar-refractivity contribution is 0.574. The Kier molecular flexibility index (Phi) is 2.02. The number of hydrogen-bond acceptors (Lipinski definition) is 6. The van der Waals surface area contributed by atoms with Crippen molar-refractivity contribution in [3.05, 3.63) is 24.5 Å². The van der Waals surface area contributed by atoms with Crippen molar-refractivity contribution in [1.29, 1.82) is 0 Å². The first-order valence-corrected chi connectivity index (χ1v) is 4.01. The van der Waals surface area contributed by atoms with Crippen molar-refractivity contribution in [2.75, 3.05) is 11.1 Å². The van der Waals surface area contributed by atoms with E-state index < -0.39 is 0 Å². The van der Waals surface area contributed by atoms with Crippen LogP contribution >= 0.6 is 0 Å². The molecule has 2 heterocycles. The van der Waals surface area contributed by atoms with E-state index in [1.54, 1.807) is 19.2 Å². The minimum atomic E-state index is 0.416. The molecule has 0 aliphatic heterocycles. The zero-order valence-corrected chi connectivity index (χ0v) is 7.56. The minimum Gasteiger partial charge on any atom is -0.428 e. The van der Waals surface area contributed by atoms with E-state index in [0.717, 1.165) is 0 Å². The van der Waals surface area contributed by atoms with Crippen LogP contribution in [0.25, 0.3) is 0 Å². The molecule has 0 bridgehead atoms. The van der Waals surface area contributed by atoms with Gasteiger partial charge in [0.15, 0.2) is 6.39 Å². The van der Waals surface area contributed by atoms with Crippen LogP contribution < -0.4 is 11.1 Å². The third kappa shape index (κ3) is 1.79. The maximum absolute atomic E-state index is 5.55. The Balaban J connectivity index is 2.25. The zero-order valence-electron chi connectivity index (χ0n) is 7.56. The van der Waals surface area contributed by atoms with Gasteiger partial charge in [-0.3, -0.25) is 0 Å². The van der Waals surface area contributed by atoms with Gasteiger partial charge in [0.1, 0.15) is 17.5 Å². The van der Waals surface area contributed by atoms with Crippen molar-refractivity contribution in [3.8, 4) is 0 Å². The fourth-order valence-corrected chi connectivity index (χ4v) is 1.06. The summed E-state index contributed by atoms with van der Waals surface area (Å²) in [5.74, 6) is 2.13. The molecule has 0 saturated carbocycles. The number of nitrogens with zero attached hydrogens (tertiary/aromatic N) is 3. The maximum Gasteiger partial charge on any atom is 0.218 e. The van der Waals surface area contributed by atoms with Gasteiger partial charge in [-0.05, 0) is 6.92 Å². The topological polar surface area (TPSA) is 89.9 Å². The zero-order chi connectivity index (χ0) is 9.97. The Labute approximate surface area is 80.2 Å². The molecule has 0 amide bonds. The number of nitrogens with one attached hydrogen (secondary N) is 1. The van der Waals surface area contributed by atoms with E-state index in [-0.39, 0.29) is 0 Å². The number of oxazole rings is 1. The van der Waals surface area contributed by atoms with E-state index in [2.05, 4.69) is 20.3 Å². The van der Waals surface area contributed by atoms with Crippen molar-refractivity contribution < 1.29 is 4.42 Å². The Morgan fingerprint density at radius 1 is 1.43 bits per heavy atom. The fraction of sp³-hybridized carbons (Fsp3) is 0.125. The Hall–Kier alpha value is -2.11. The highest BCUT2D eigenvalue weighted by atomic mass is 16.4. The molecule has 0 aromatic carbocycles. The van der Waals surface area contributed by atoms with Crippen LogP contribution in [-0.4, -0.2) is 15.0 Å². The van der Waals surface area contributed by atoms with Crippen LogP contribution in [0.1, 0.15) is 5.82 Å². The van der Waals surface area contributed by atoms with E-state index in [1.807, 2.05) is 0 Å². The van der Waals surface area contributed by atoms with Crippen LogP contribution in [0.15, 0.2) is 23.1 Å². The highest BCUT2D eigenvalue weighted by Crippen LogP contribution is 2.14. The molecule has 72 valence electrons. The number of anilines is 3. The first-order valence-electron chi connectivity index (χ1n) is 4.01. The summed E-state index contributed by atoms with van der Waals surface area (Å²) in [7, 11) is 0. The average molecular weight is 191 g/mol. The largest absolute Gasteiger partial charge is 0.428 e. The SMILES string of the molecule is Cc1nc(N)cc(Nc2cnco2)n1. The lowest BCUT2D eigenvalue weighted by atomic mass is 10.5. The first kappa shape index (κ1) is 8.49. The van der Waals surface area contributed by atoms with Gasteiger partial charge in [-0.2, -0.15) is 0 Å². The second kappa shape index (κ2) is 3.33. The lowest BCUT2D eigenvalue weighted by Gasteiger charge is -2.02. The number of nitrogens with two attached hydrogens (primary N) is 1. The summed E-state index contributed by atoms with van der Waals surface area (Å²) in [5, 5.41) is 2.91. The average Bonchev–Trinajstić information content (AvgIpc) is 2.54. The first-order chi connectivity index (χ1) is 6.74. The Morgan fingerprint density at radius 2 is 2.29 bits per heavy atom. The van der Waals surface area contributed by atoms with Crippen LogP contribution in [0.5, 0.6) is 0 Å². The third-order valence-electron chi connectivity index (χ3n) is 1.54. The fourth-order valence-electron chi connectivity index (χ4n) is 1.06. The van der Waals surface area contributed by atoms with Gasteiger partial charge >= 0.3 is 0 Å². The molecule has 14 heavy (non-hydrogen) atoms. The molecule has 2 rings (SSSR count). The highest BCUT2D eigenvalue weighted by molar-refractivity contribution is 5.52. The molecule has 0 atom stereocenters. The van der Waals surface area contributed by atoms with Crippen LogP contribution in [0, 0.1) is 6.92 Å². The molecule has 2 aromatic heterocycles. The van der Waals surface area contributed by atoms with E-state index >= 15 is 0 Å². The van der Waals surface area contributed by atoms with Crippen molar-refractivity contribution >= 4 is 17.5 Å². The second-order valence-corrected chi connectivity index (χ2v) is 2.72. The molecular weight excluding hydrogens is 182 g/mol. The summed E-state index contributed by atoms with van der Waals surface area (Å²) in [6, 6.07) is 1.62. The molecule has 6 nitrogen and oxygen atoms in total. The van der Waals surface area contributed by atoms with Crippen molar-refractivity contribution in [2.45, 2.75) is 6.92 Å². The molecular formula is C8H9N5O. The summed E-state index contributed by atoms with van der Waals surface area (Å²) >= 11 is 0. The van der Waals surface area contributed by atoms with Crippen molar-refractivity contribution in [1.82, 2.24) is 15.0 Å². The summed E-state index contributed by atoms with van der Waals surface area (Å²) in [6.45, 7) is 1.77. The summed E-state index contributed by atoms with van der Waals surface area (Å²) < 4.78 is 4.99. The van der Waals surface area contributed by atoms with E-state index in [1.165, 1.54) is 6.39 Å². The smallest absolute Gasteiger partial charge is 0.218 e. The van der Waals surface area contributed by atoms with Gasteiger partial charge in [-0.1, -0.05) is 0 Å². The predicted molar refractivity (Wildman–Crippen MR) is 51.0 cm³/mol. The van der Waals surface area contributed by atoms with Gasteiger partial charge in [0.05, 0.1) is 6.20 Å². The number of nitrogen functional groups attached to an aromatic ring is 1. The number of rotatable bonds is 2. The number of hydrogen-bond donors (Lipinski definition) is 2. The van der Waals surface area contributed by atoms with Gasteiger partial charge in [0.25, 0.3) is 0 Å². The Morgan fingerprint density at radius 3 is 2.93 bits per heavy atom. The standard InChI is InChI=1S/C8H9N5O/c1-5-11-6(9)2-7(12-5)13-8-3-10-4-14-8/h2-4H,1H3,(H3,9,11,12,13). The van der Waals surface area contributed by atoms with Crippen LogP contribution in [0.4, 0.5) is 17.5 Å². The molecule has 2 aromatic rings. The normalized spacial score (nSPS) is 10.1. The van der Waals surface area contributed by atoms with Gasteiger partial charge in [-0.25, -0.2) is 15.0 Å². The summed E-state index contributed by atoms with van der Waals surface area (Å²) in [5.41, 5.74) is 5.55. The quantitative estimate of drug-likeness (QED) is 0.738.